The van der Waals surface area contributed by atoms with Gasteiger partial charge in [-0.1, -0.05) is 0 Å². The summed E-state index contributed by atoms with van der Waals surface area (Å²) in [5, 5.41) is 2.62. The molecule has 0 fully saturated rings. The molecule has 6 nitrogen and oxygen atoms in total. The number of nitrogens with one attached hydrogen (secondary N) is 1. The first-order valence-corrected chi connectivity index (χ1v) is 10.1. The standard InChI is InChI=1S/C16H16AsNO5/c1-23-15-4-2-3-12(11-15)5-10-16(19)18-14-8-6-13(7-9-14)17(20,21)22/h2-11H,1H3,(H,18,19)(H2,20,21,22)/b10-5+. The molecule has 23 heavy (non-hydrogen) atoms. The Bertz CT molecular complexity index is 764. The van der Waals surface area contributed by atoms with Crippen molar-refractivity contribution >= 4 is 36.2 Å². The van der Waals surface area contributed by atoms with E-state index in [4.69, 9.17) is 12.9 Å². The number of benzene rings is 2. The van der Waals surface area contributed by atoms with Crippen LogP contribution in [0.4, 0.5) is 5.69 Å². The average Bonchev–Trinajstić information content (AvgIpc) is 2.53. The van der Waals surface area contributed by atoms with E-state index in [0.29, 0.717) is 11.4 Å². The van der Waals surface area contributed by atoms with Gasteiger partial charge in [-0.15, -0.1) is 0 Å². The molecule has 3 N–H and O–H groups in total. The number of anilines is 1. The maximum atomic E-state index is 11.8. The van der Waals surface area contributed by atoms with Gasteiger partial charge >= 0.3 is 129 Å². The Hall–Kier alpha value is -2.27. The zero-order chi connectivity index (χ0) is 16.9. The Kier molecular flexibility index (Phi) is 5.44. The molecule has 0 spiro atoms. The van der Waals surface area contributed by atoms with Crippen LogP contribution in [0.3, 0.4) is 0 Å². The molecule has 0 saturated heterocycles. The van der Waals surface area contributed by atoms with Crippen LogP contribution < -0.4 is 14.4 Å². The van der Waals surface area contributed by atoms with Crippen molar-refractivity contribution in [2.24, 2.45) is 0 Å². The van der Waals surface area contributed by atoms with E-state index < -0.39 is 14.2 Å². The molecule has 0 unspecified atom stereocenters. The van der Waals surface area contributed by atoms with Crippen molar-refractivity contribution in [3.05, 3.63) is 60.2 Å². The third kappa shape index (κ3) is 5.14. The Morgan fingerprint density at radius 3 is 2.48 bits per heavy atom. The van der Waals surface area contributed by atoms with Crippen molar-refractivity contribution in [2.45, 2.75) is 0 Å². The normalized spacial score (nSPS) is 11.4. The van der Waals surface area contributed by atoms with Gasteiger partial charge < -0.3 is 0 Å². The van der Waals surface area contributed by atoms with Crippen LogP contribution in [0.5, 0.6) is 5.75 Å². The summed E-state index contributed by atoms with van der Waals surface area (Å²) in [6.45, 7) is 0. The van der Waals surface area contributed by atoms with E-state index in [2.05, 4.69) is 5.32 Å². The number of hydrogen-bond acceptors (Lipinski definition) is 3. The summed E-state index contributed by atoms with van der Waals surface area (Å²) in [6, 6.07) is 12.8. The number of rotatable bonds is 5. The van der Waals surface area contributed by atoms with Crippen LogP contribution >= 0.6 is 0 Å². The predicted octanol–water partition coefficient (Wildman–Crippen LogP) is 0.908. The molecule has 0 aliphatic carbocycles. The second-order valence-electron chi connectivity index (χ2n) is 4.69. The van der Waals surface area contributed by atoms with Gasteiger partial charge in [0.2, 0.25) is 0 Å². The van der Waals surface area contributed by atoms with Gasteiger partial charge in [-0.3, -0.25) is 0 Å². The number of ether oxygens (including phenoxy) is 1. The summed E-state index contributed by atoms with van der Waals surface area (Å²) in [5.41, 5.74) is 1.27. The van der Waals surface area contributed by atoms with Crippen molar-refractivity contribution in [2.75, 3.05) is 12.4 Å². The van der Waals surface area contributed by atoms with Crippen LogP contribution in [0, 0.1) is 0 Å². The topological polar surface area (TPSA) is 95.9 Å². The van der Waals surface area contributed by atoms with E-state index in [1.807, 2.05) is 12.1 Å². The number of carbonyl (C=O) groups excluding carboxylic acids is 1. The first-order valence-electron chi connectivity index (χ1n) is 6.68. The first kappa shape index (κ1) is 17.1. The second-order valence-corrected chi connectivity index (χ2v) is 8.06. The van der Waals surface area contributed by atoms with Crippen LogP contribution in [0.25, 0.3) is 6.08 Å². The molecular weight excluding hydrogens is 361 g/mol. The summed E-state index contributed by atoms with van der Waals surface area (Å²) in [5.74, 6) is 0.351. The average molecular weight is 377 g/mol. The molecule has 0 aromatic heterocycles. The van der Waals surface area contributed by atoms with E-state index in [9.17, 15) is 8.53 Å². The van der Waals surface area contributed by atoms with Crippen molar-refractivity contribution in [3.63, 3.8) is 0 Å². The molecule has 1 amide bonds. The van der Waals surface area contributed by atoms with E-state index in [1.54, 1.807) is 25.3 Å². The minimum absolute atomic E-state index is 0.0342. The van der Waals surface area contributed by atoms with Gasteiger partial charge in [0.15, 0.2) is 0 Å². The molecule has 2 aromatic rings. The van der Waals surface area contributed by atoms with Crippen molar-refractivity contribution in [1.29, 1.82) is 0 Å². The Balaban J connectivity index is 2.01. The number of hydrogen-bond donors (Lipinski definition) is 3. The van der Waals surface area contributed by atoms with E-state index in [1.165, 1.54) is 30.3 Å². The molecule has 2 rings (SSSR count). The molecule has 0 bridgehead atoms. The zero-order valence-corrected chi connectivity index (χ0v) is 14.2. The van der Waals surface area contributed by atoms with Crippen LogP contribution in [0.1, 0.15) is 5.56 Å². The van der Waals surface area contributed by atoms with Gasteiger partial charge in [0, 0.05) is 0 Å². The van der Waals surface area contributed by atoms with Gasteiger partial charge in [-0.25, -0.2) is 0 Å². The Morgan fingerprint density at radius 2 is 1.87 bits per heavy atom. The SMILES string of the molecule is COc1cccc(/C=C/C(=O)Nc2ccc([As](=O)(O)O)cc2)c1. The fourth-order valence-electron chi connectivity index (χ4n) is 1.84. The van der Waals surface area contributed by atoms with Gasteiger partial charge in [-0.2, -0.15) is 0 Å². The van der Waals surface area contributed by atoms with Crippen molar-refractivity contribution < 1.29 is 21.5 Å². The third-order valence-corrected chi connectivity index (χ3v) is 5.03. The van der Waals surface area contributed by atoms with Crippen LogP contribution in [0.15, 0.2) is 54.6 Å². The van der Waals surface area contributed by atoms with Gasteiger partial charge in [0.05, 0.1) is 7.11 Å². The van der Waals surface area contributed by atoms with Crippen LogP contribution in [-0.4, -0.2) is 35.4 Å². The molecule has 0 radical (unpaired) electrons. The van der Waals surface area contributed by atoms with Gasteiger partial charge in [0.1, 0.15) is 0 Å². The van der Waals surface area contributed by atoms with E-state index in [0.717, 1.165) is 5.56 Å². The molecule has 0 aliphatic heterocycles. The fraction of sp³-hybridized carbons (Fsp3) is 0.0625. The van der Waals surface area contributed by atoms with Crippen LogP contribution in [-0.2, 0) is 8.53 Å². The molecule has 2 aromatic carbocycles. The van der Waals surface area contributed by atoms with Crippen molar-refractivity contribution in [3.8, 4) is 5.75 Å². The Labute approximate surface area is 136 Å². The van der Waals surface area contributed by atoms with Gasteiger partial charge in [-0.05, 0) is 0 Å². The molecular formula is C16H16AsNO5. The fourth-order valence-corrected chi connectivity index (χ4v) is 2.97. The van der Waals surface area contributed by atoms with Crippen molar-refractivity contribution in [1.82, 2.24) is 0 Å². The van der Waals surface area contributed by atoms with Crippen LogP contribution in [0.2, 0.25) is 0 Å². The minimum atomic E-state index is -4.89. The number of methoxy groups -OCH3 is 1. The number of carbonyl (C=O) groups is 1. The summed E-state index contributed by atoms with van der Waals surface area (Å²) in [7, 11) is 1.57. The van der Waals surface area contributed by atoms with E-state index in [-0.39, 0.29) is 10.3 Å². The summed E-state index contributed by atoms with van der Waals surface area (Å²) in [4.78, 5) is 11.8. The molecule has 0 saturated carbocycles. The Morgan fingerprint density at radius 1 is 1.17 bits per heavy atom. The monoisotopic (exact) mass is 377 g/mol. The first-order chi connectivity index (χ1) is 10.9. The molecule has 0 heterocycles. The molecule has 7 heteroatoms. The summed E-state index contributed by atoms with van der Waals surface area (Å²) < 4.78 is 34.3. The molecule has 0 atom stereocenters. The summed E-state index contributed by atoms with van der Waals surface area (Å²) in [6.07, 6.45) is 3.01. The van der Waals surface area contributed by atoms with E-state index >= 15 is 0 Å². The predicted molar refractivity (Wildman–Crippen MR) is 87.6 cm³/mol. The molecule has 120 valence electrons. The second kappa shape index (κ2) is 7.33. The zero-order valence-electron chi connectivity index (χ0n) is 12.3. The van der Waals surface area contributed by atoms with Gasteiger partial charge in [0.25, 0.3) is 0 Å². The maximum absolute atomic E-state index is 11.8. The summed E-state index contributed by atoms with van der Waals surface area (Å²) >= 11 is -4.89. The molecule has 0 aliphatic rings. The number of amides is 1. The quantitative estimate of drug-likeness (QED) is 0.532. The third-order valence-electron chi connectivity index (χ3n) is 2.99.